The SMILES string of the molecule is CC(C)CNC(=O)/N=c1\ccn(-c2ccccc2)nc1. The lowest BCUT2D eigenvalue weighted by molar-refractivity contribution is 0.247. The Hall–Kier alpha value is -2.43. The van der Waals surface area contributed by atoms with Gasteiger partial charge in [-0.05, 0) is 24.1 Å². The number of urea groups is 1. The highest BCUT2D eigenvalue weighted by Crippen LogP contribution is 2.02. The molecule has 0 aliphatic carbocycles. The van der Waals surface area contributed by atoms with E-state index in [1.165, 1.54) is 0 Å². The van der Waals surface area contributed by atoms with Crippen LogP contribution in [0.4, 0.5) is 4.79 Å². The fraction of sp³-hybridized carbons (Fsp3) is 0.267. The quantitative estimate of drug-likeness (QED) is 0.929. The van der Waals surface area contributed by atoms with Crippen LogP contribution in [0.5, 0.6) is 0 Å². The summed E-state index contributed by atoms with van der Waals surface area (Å²) in [4.78, 5) is 15.5. The van der Waals surface area contributed by atoms with Crippen molar-refractivity contribution in [1.29, 1.82) is 0 Å². The normalized spacial score (nSPS) is 11.7. The number of nitrogens with one attached hydrogen (secondary N) is 1. The predicted molar refractivity (Wildman–Crippen MR) is 77.4 cm³/mol. The third kappa shape index (κ3) is 4.05. The van der Waals surface area contributed by atoms with Crippen LogP contribution in [0.1, 0.15) is 13.8 Å². The summed E-state index contributed by atoms with van der Waals surface area (Å²) in [6, 6.07) is 11.2. The molecule has 0 aliphatic heterocycles. The number of aromatic nitrogens is 2. The van der Waals surface area contributed by atoms with Crippen LogP contribution in [-0.4, -0.2) is 22.4 Å². The number of hydrogen-bond donors (Lipinski definition) is 1. The summed E-state index contributed by atoms with van der Waals surface area (Å²) in [5.74, 6) is 0.406. The van der Waals surface area contributed by atoms with E-state index in [4.69, 9.17) is 0 Å². The molecule has 0 unspecified atom stereocenters. The minimum Gasteiger partial charge on any atom is -0.336 e. The van der Waals surface area contributed by atoms with Crippen LogP contribution >= 0.6 is 0 Å². The summed E-state index contributed by atoms with van der Waals surface area (Å²) in [6.07, 6.45) is 3.35. The number of benzene rings is 1. The van der Waals surface area contributed by atoms with Gasteiger partial charge in [-0.15, -0.1) is 0 Å². The molecular weight excluding hydrogens is 252 g/mol. The Morgan fingerprint density at radius 3 is 2.65 bits per heavy atom. The van der Waals surface area contributed by atoms with E-state index >= 15 is 0 Å². The van der Waals surface area contributed by atoms with Crippen LogP contribution < -0.4 is 10.7 Å². The number of rotatable bonds is 3. The Morgan fingerprint density at radius 2 is 2.05 bits per heavy atom. The zero-order valence-electron chi connectivity index (χ0n) is 11.7. The lowest BCUT2D eigenvalue weighted by Crippen LogP contribution is -2.26. The fourth-order valence-corrected chi connectivity index (χ4v) is 1.60. The van der Waals surface area contributed by atoms with Gasteiger partial charge in [-0.25, -0.2) is 9.48 Å². The molecule has 0 saturated heterocycles. The lowest BCUT2D eigenvalue weighted by atomic mass is 10.2. The third-order valence-electron chi connectivity index (χ3n) is 2.61. The highest BCUT2D eigenvalue weighted by molar-refractivity contribution is 5.74. The van der Waals surface area contributed by atoms with Crippen LogP contribution in [0.25, 0.3) is 5.69 Å². The Labute approximate surface area is 118 Å². The maximum Gasteiger partial charge on any atom is 0.341 e. The Balaban J connectivity index is 2.10. The zero-order valence-corrected chi connectivity index (χ0v) is 11.7. The van der Waals surface area contributed by atoms with Crippen LogP contribution in [0.15, 0.2) is 53.8 Å². The van der Waals surface area contributed by atoms with Gasteiger partial charge in [-0.2, -0.15) is 10.1 Å². The number of carbonyl (C=O) groups is 1. The minimum atomic E-state index is -0.335. The zero-order chi connectivity index (χ0) is 14.4. The van der Waals surface area contributed by atoms with Crippen molar-refractivity contribution >= 4 is 6.03 Å². The van der Waals surface area contributed by atoms with Crippen molar-refractivity contribution in [2.24, 2.45) is 10.9 Å². The van der Waals surface area contributed by atoms with Gasteiger partial charge >= 0.3 is 6.03 Å². The first-order valence-electron chi connectivity index (χ1n) is 6.58. The molecule has 5 nitrogen and oxygen atoms in total. The molecule has 104 valence electrons. The van der Waals surface area contributed by atoms with Crippen molar-refractivity contribution in [3.05, 3.63) is 54.1 Å². The van der Waals surface area contributed by atoms with Gasteiger partial charge in [-0.3, -0.25) is 0 Å². The molecule has 5 heteroatoms. The fourth-order valence-electron chi connectivity index (χ4n) is 1.60. The summed E-state index contributed by atoms with van der Waals surface area (Å²) in [5.41, 5.74) is 0.961. The van der Waals surface area contributed by atoms with Crippen molar-refractivity contribution in [3.8, 4) is 5.69 Å². The van der Waals surface area contributed by atoms with E-state index in [9.17, 15) is 4.79 Å². The van der Waals surface area contributed by atoms with Crippen LogP contribution in [0.3, 0.4) is 0 Å². The number of para-hydroxylation sites is 1. The van der Waals surface area contributed by atoms with Crippen molar-refractivity contribution in [3.63, 3.8) is 0 Å². The molecule has 0 fully saturated rings. The second-order valence-electron chi connectivity index (χ2n) is 4.86. The van der Waals surface area contributed by atoms with E-state index in [0.717, 1.165) is 5.69 Å². The smallest absolute Gasteiger partial charge is 0.336 e. The molecule has 0 saturated carbocycles. The second kappa shape index (κ2) is 6.65. The van der Waals surface area contributed by atoms with Gasteiger partial charge in [0.05, 0.1) is 17.2 Å². The molecule has 2 amide bonds. The van der Waals surface area contributed by atoms with Crippen molar-refractivity contribution in [2.75, 3.05) is 6.54 Å². The predicted octanol–water partition coefficient (Wildman–Crippen LogP) is 2.14. The first-order valence-corrected chi connectivity index (χ1v) is 6.58. The van der Waals surface area contributed by atoms with Gasteiger partial charge in [0.25, 0.3) is 0 Å². The summed E-state index contributed by atoms with van der Waals surface area (Å²) in [5, 5.41) is 7.52. The average Bonchev–Trinajstić information content (AvgIpc) is 2.47. The minimum absolute atomic E-state index is 0.335. The maximum absolute atomic E-state index is 11.6. The average molecular weight is 270 g/mol. The second-order valence-corrected chi connectivity index (χ2v) is 4.86. The van der Waals surface area contributed by atoms with Crippen LogP contribution in [0.2, 0.25) is 0 Å². The van der Waals surface area contributed by atoms with E-state index in [1.54, 1.807) is 23.1 Å². The van der Waals surface area contributed by atoms with Crippen LogP contribution in [-0.2, 0) is 0 Å². The molecule has 0 aliphatic rings. The van der Waals surface area contributed by atoms with E-state index in [1.807, 2.05) is 44.2 Å². The molecule has 20 heavy (non-hydrogen) atoms. The summed E-state index contributed by atoms with van der Waals surface area (Å²) < 4.78 is 1.73. The first kappa shape index (κ1) is 14.0. The van der Waals surface area contributed by atoms with E-state index in [0.29, 0.717) is 17.8 Å². The van der Waals surface area contributed by atoms with Gasteiger partial charge in [0.1, 0.15) is 0 Å². The van der Waals surface area contributed by atoms with Crippen LogP contribution in [0, 0.1) is 5.92 Å². The van der Waals surface area contributed by atoms with Crippen molar-refractivity contribution < 1.29 is 4.79 Å². The molecule has 2 aromatic rings. The van der Waals surface area contributed by atoms with Gasteiger partial charge in [0.15, 0.2) is 0 Å². The molecule has 0 radical (unpaired) electrons. The highest BCUT2D eigenvalue weighted by Gasteiger charge is 1.99. The van der Waals surface area contributed by atoms with Gasteiger partial charge in [-0.1, -0.05) is 32.0 Å². The summed E-state index contributed by atoms with van der Waals surface area (Å²) in [6.45, 7) is 4.69. The number of amides is 2. The number of carbonyl (C=O) groups excluding carboxylic acids is 1. The molecule has 1 aromatic carbocycles. The molecule has 2 rings (SSSR count). The standard InChI is InChI=1S/C15H18N4O/c1-12(2)10-16-15(20)18-13-8-9-19(17-11-13)14-6-4-3-5-7-14/h3-9,11-12H,10H2,1-2H3,(H,16,20)/b18-13+. The van der Waals surface area contributed by atoms with Gasteiger partial charge in [0.2, 0.25) is 0 Å². The lowest BCUT2D eigenvalue weighted by Gasteiger charge is -2.04. The Kier molecular flexibility index (Phi) is 4.65. The molecule has 1 N–H and O–H groups in total. The Morgan fingerprint density at radius 1 is 1.30 bits per heavy atom. The molecule has 0 spiro atoms. The highest BCUT2D eigenvalue weighted by atomic mass is 16.2. The summed E-state index contributed by atoms with van der Waals surface area (Å²) >= 11 is 0. The van der Waals surface area contributed by atoms with Gasteiger partial charge in [0, 0.05) is 12.7 Å². The Bertz CT molecular complexity index is 611. The molecular formula is C15H18N4O. The third-order valence-corrected chi connectivity index (χ3v) is 2.61. The first-order chi connectivity index (χ1) is 9.65. The van der Waals surface area contributed by atoms with E-state index in [-0.39, 0.29) is 6.03 Å². The maximum atomic E-state index is 11.6. The van der Waals surface area contributed by atoms with E-state index < -0.39 is 0 Å². The molecule has 0 atom stereocenters. The van der Waals surface area contributed by atoms with Crippen molar-refractivity contribution in [1.82, 2.24) is 15.1 Å². The summed E-state index contributed by atoms with van der Waals surface area (Å²) in [7, 11) is 0. The van der Waals surface area contributed by atoms with Crippen molar-refractivity contribution in [2.45, 2.75) is 13.8 Å². The monoisotopic (exact) mass is 270 g/mol. The van der Waals surface area contributed by atoms with Gasteiger partial charge < -0.3 is 5.32 Å². The molecule has 1 heterocycles. The topological polar surface area (TPSA) is 59.3 Å². The molecule has 0 bridgehead atoms. The molecule has 1 aromatic heterocycles. The largest absolute Gasteiger partial charge is 0.341 e. The number of nitrogens with zero attached hydrogens (tertiary/aromatic N) is 3. The number of hydrogen-bond acceptors (Lipinski definition) is 2. The van der Waals surface area contributed by atoms with E-state index in [2.05, 4.69) is 15.4 Å².